The van der Waals surface area contributed by atoms with Crippen LogP contribution in [0.2, 0.25) is 0 Å². The number of nitrogens with one attached hydrogen (secondary N) is 1. The van der Waals surface area contributed by atoms with Crippen LogP contribution >= 0.6 is 0 Å². The summed E-state index contributed by atoms with van der Waals surface area (Å²) in [6, 6.07) is 14.9. The highest BCUT2D eigenvalue weighted by atomic mass is 32.2. The molecule has 1 amide bonds. The van der Waals surface area contributed by atoms with Crippen molar-refractivity contribution < 1.29 is 13.2 Å². The number of rotatable bonds is 4. The molecule has 1 N–H and O–H groups in total. The maximum atomic E-state index is 12.1. The third-order valence-corrected chi connectivity index (χ3v) is 4.72. The smallest absolute Gasteiger partial charge is 0.255 e. The fourth-order valence-corrected chi connectivity index (χ4v) is 2.69. The van der Waals surface area contributed by atoms with E-state index in [4.69, 9.17) is 0 Å². The second kappa shape index (κ2) is 6.07. The first-order chi connectivity index (χ1) is 9.91. The highest BCUT2D eigenvalue weighted by Crippen LogP contribution is 2.18. The third-order valence-electron chi connectivity index (χ3n) is 2.91. The van der Waals surface area contributed by atoms with Gasteiger partial charge in [-0.25, -0.2) is 12.7 Å². The lowest BCUT2D eigenvalue weighted by Gasteiger charge is -2.12. The summed E-state index contributed by atoms with van der Waals surface area (Å²) in [4.78, 5) is 12.2. The standard InChI is InChI=1S/C15H16N2O3S/c1-17(2)21(19,20)14-10-6-9-13(11-14)16-15(18)12-7-4-3-5-8-12/h3-11H,1-2H3,(H,16,18). The van der Waals surface area contributed by atoms with Gasteiger partial charge in [-0.1, -0.05) is 24.3 Å². The lowest BCUT2D eigenvalue weighted by atomic mass is 10.2. The van der Waals surface area contributed by atoms with Gasteiger partial charge in [-0.05, 0) is 30.3 Å². The fraction of sp³-hybridized carbons (Fsp3) is 0.133. The molecule has 0 radical (unpaired) electrons. The molecule has 110 valence electrons. The Morgan fingerprint density at radius 1 is 1.00 bits per heavy atom. The van der Waals surface area contributed by atoms with E-state index in [1.54, 1.807) is 36.4 Å². The van der Waals surface area contributed by atoms with Crippen molar-refractivity contribution in [3.05, 3.63) is 60.2 Å². The molecular weight excluding hydrogens is 288 g/mol. The van der Waals surface area contributed by atoms with Gasteiger partial charge in [0.25, 0.3) is 5.91 Å². The van der Waals surface area contributed by atoms with Crippen molar-refractivity contribution in [2.45, 2.75) is 4.90 Å². The lowest BCUT2D eigenvalue weighted by Crippen LogP contribution is -2.22. The number of carbonyl (C=O) groups is 1. The molecule has 2 aromatic rings. The summed E-state index contributed by atoms with van der Waals surface area (Å²) >= 11 is 0. The van der Waals surface area contributed by atoms with Gasteiger partial charge < -0.3 is 5.32 Å². The molecule has 2 rings (SSSR count). The summed E-state index contributed by atoms with van der Waals surface area (Å²) in [7, 11) is -0.592. The molecular formula is C15H16N2O3S. The van der Waals surface area contributed by atoms with E-state index in [1.807, 2.05) is 6.07 Å². The monoisotopic (exact) mass is 304 g/mol. The van der Waals surface area contributed by atoms with E-state index in [0.29, 0.717) is 11.3 Å². The summed E-state index contributed by atoms with van der Waals surface area (Å²) < 4.78 is 25.2. The van der Waals surface area contributed by atoms with Crippen molar-refractivity contribution in [2.24, 2.45) is 0 Å². The van der Waals surface area contributed by atoms with Crippen LogP contribution in [0.25, 0.3) is 0 Å². The number of hydrogen-bond donors (Lipinski definition) is 1. The molecule has 0 bridgehead atoms. The largest absolute Gasteiger partial charge is 0.322 e. The van der Waals surface area contributed by atoms with Crippen molar-refractivity contribution in [3.8, 4) is 0 Å². The Morgan fingerprint density at radius 2 is 1.67 bits per heavy atom. The average molecular weight is 304 g/mol. The van der Waals surface area contributed by atoms with Crippen LogP contribution in [0, 0.1) is 0 Å². The molecule has 0 fully saturated rings. The molecule has 2 aromatic carbocycles. The number of benzene rings is 2. The van der Waals surface area contributed by atoms with Crippen LogP contribution in [0.3, 0.4) is 0 Å². The van der Waals surface area contributed by atoms with Crippen molar-refractivity contribution in [1.82, 2.24) is 4.31 Å². The van der Waals surface area contributed by atoms with Crippen molar-refractivity contribution in [3.63, 3.8) is 0 Å². The van der Waals surface area contributed by atoms with Gasteiger partial charge in [-0.3, -0.25) is 4.79 Å². The molecule has 0 aliphatic rings. The number of nitrogens with zero attached hydrogens (tertiary/aromatic N) is 1. The van der Waals surface area contributed by atoms with Gasteiger partial charge in [-0.2, -0.15) is 0 Å². The molecule has 0 saturated carbocycles. The molecule has 6 heteroatoms. The van der Waals surface area contributed by atoms with Gasteiger partial charge in [0.15, 0.2) is 0 Å². The number of amides is 1. The Labute approximate surface area is 124 Å². The fourth-order valence-electron chi connectivity index (χ4n) is 1.74. The summed E-state index contributed by atoms with van der Waals surface area (Å²) in [5.74, 6) is -0.282. The number of sulfonamides is 1. The van der Waals surface area contributed by atoms with E-state index in [9.17, 15) is 13.2 Å². The average Bonchev–Trinajstić information content (AvgIpc) is 2.48. The van der Waals surface area contributed by atoms with Crippen molar-refractivity contribution in [1.29, 1.82) is 0 Å². The first kappa shape index (κ1) is 15.2. The van der Waals surface area contributed by atoms with Gasteiger partial charge in [0.1, 0.15) is 0 Å². The normalized spacial score (nSPS) is 11.4. The zero-order valence-electron chi connectivity index (χ0n) is 11.8. The highest BCUT2D eigenvalue weighted by molar-refractivity contribution is 7.89. The van der Waals surface area contributed by atoms with Gasteiger partial charge in [0.05, 0.1) is 4.90 Å². The number of anilines is 1. The first-order valence-corrected chi connectivity index (χ1v) is 7.74. The molecule has 0 atom stereocenters. The number of carbonyl (C=O) groups excluding carboxylic acids is 1. The molecule has 0 heterocycles. The molecule has 5 nitrogen and oxygen atoms in total. The predicted octanol–water partition coefficient (Wildman–Crippen LogP) is 2.19. The van der Waals surface area contributed by atoms with Crippen LogP contribution in [0.5, 0.6) is 0 Å². The van der Waals surface area contributed by atoms with E-state index in [0.717, 1.165) is 4.31 Å². The minimum Gasteiger partial charge on any atom is -0.322 e. The summed E-state index contributed by atoms with van der Waals surface area (Å²) in [6.07, 6.45) is 0. The summed E-state index contributed by atoms with van der Waals surface area (Å²) in [6.45, 7) is 0. The molecule has 0 aliphatic heterocycles. The first-order valence-electron chi connectivity index (χ1n) is 6.30. The SMILES string of the molecule is CN(C)S(=O)(=O)c1cccc(NC(=O)c2ccccc2)c1. The van der Waals surface area contributed by atoms with Crippen LogP contribution in [-0.4, -0.2) is 32.7 Å². The van der Waals surface area contributed by atoms with Gasteiger partial charge in [0.2, 0.25) is 10.0 Å². The van der Waals surface area contributed by atoms with E-state index in [-0.39, 0.29) is 10.8 Å². The van der Waals surface area contributed by atoms with Gasteiger partial charge >= 0.3 is 0 Å². The lowest BCUT2D eigenvalue weighted by molar-refractivity contribution is 0.102. The van der Waals surface area contributed by atoms with Crippen LogP contribution in [0.15, 0.2) is 59.5 Å². The minimum atomic E-state index is -3.52. The molecule has 21 heavy (non-hydrogen) atoms. The van der Waals surface area contributed by atoms with E-state index in [2.05, 4.69) is 5.32 Å². The van der Waals surface area contributed by atoms with Crippen molar-refractivity contribution >= 4 is 21.6 Å². The molecule has 0 unspecified atom stereocenters. The third kappa shape index (κ3) is 3.48. The van der Waals surface area contributed by atoms with Crippen LogP contribution in [0.4, 0.5) is 5.69 Å². The van der Waals surface area contributed by atoms with Crippen LogP contribution < -0.4 is 5.32 Å². The zero-order valence-corrected chi connectivity index (χ0v) is 12.6. The Morgan fingerprint density at radius 3 is 2.29 bits per heavy atom. The van der Waals surface area contributed by atoms with E-state index < -0.39 is 10.0 Å². The van der Waals surface area contributed by atoms with Crippen molar-refractivity contribution in [2.75, 3.05) is 19.4 Å². The summed E-state index contributed by atoms with van der Waals surface area (Å²) in [5, 5.41) is 2.69. The Hall–Kier alpha value is -2.18. The predicted molar refractivity (Wildman–Crippen MR) is 81.7 cm³/mol. The zero-order chi connectivity index (χ0) is 15.5. The molecule has 0 aliphatic carbocycles. The minimum absolute atomic E-state index is 0.137. The molecule has 0 aromatic heterocycles. The maximum absolute atomic E-state index is 12.1. The quantitative estimate of drug-likeness (QED) is 0.941. The molecule has 0 spiro atoms. The second-order valence-corrected chi connectivity index (χ2v) is 6.79. The topological polar surface area (TPSA) is 66.5 Å². The van der Waals surface area contributed by atoms with E-state index in [1.165, 1.54) is 26.2 Å². The van der Waals surface area contributed by atoms with E-state index >= 15 is 0 Å². The maximum Gasteiger partial charge on any atom is 0.255 e. The Balaban J connectivity index is 2.25. The van der Waals surface area contributed by atoms with Crippen LogP contribution in [0.1, 0.15) is 10.4 Å². The molecule has 0 saturated heterocycles. The van der Waals surface area contributed by atoms with Gasteiger partial charge in [0, 0.05) is 25.3 Å². The number of hydrogen-bond acceptors (Lipinski definition) is 3. The Bertz CT molecular complexity index is 741. The summed E-state index contributed by atoms with van der Waals surface area (Å²) in [5.41, 5.74) is 0.949. The van der Waals surface area contributed by atoms with Crippen LogP contribution in [-0.2, 0) is 10.0 Å². The Kier molecular flexibility index (Phi) is 4.40. The van der Waals surface area contributed by atoms with Gasteiger partial charge in [-0.15, -0.1) is 0 Å². The highest BCUT2D eigenvalue weighted by Gasteiger charge is 2.17. The second-order valence-electron chi connectivity index (χ2n) is 4.64.